The molecule has 13 heavy (non-hydrogen) atoms. The van der Waals surface area contributed by atoms with Crippen molar-refractivity contribution in [2.24, 2.45) is 11.5 Å². The third-order valence-corrected chi connectivity index (χ3v) is 1.23. The predicted octanol–water partition coefficient (Wildman–Crippen LogP) is -1.55. The molecule has 0 bridgehead atoms. The number of rotatable bonds is 5. The molecular weight excluding hydrogens is 192 g/mol. The minimum atomic E-state index is -0.622. The fraction of sp³-hybridized carbons (Fsp3) is 0.500. The van der Waals surface area contributed by atoms with E-state index in [0.717, 1.165) is 0 Å². The third-order valence-electron chi connectivity index (χ3n) is 1.08. The van der Waals surface area contributed by atoms with Crippen molar-refractivity contribution < 1.29 is 9.59 Å². The molecule has 0 heterocycles. The van der Waals surface area contributed by atoms with Gasteiger partial charge >= 0.3 is 6.03 Å². The van der Waals surface area contributed by atoms with E-state index in [2.05, 4.69) is 22.9 Å². The summed E-state index contributed by atoms with van der Waals surface area (Å²) in [7, 11) is 0. The number of amides is 3. The van der Waals surface area contributed by atoms with Crippen molar-refractivity contribution in [2.75, 3.05) is 13.1 Å². The van der Waals surface area contributed by atoms with Crippen molar-refractivity contribution in [3.8, 4) is 0 Å². The lowest BCUT2D eigenvalue weighted by Crippen LogP contribution is -2.38. The fourth-order valence-corrected chi connectivity index (χ4v) is 0.739. The van der Waals surface area contributed by atoms with Crippen LogP contribution in [0.1, 0.15) is 6.42 Å². The van der Waals surface area contributed by atoms with Crippen LogP contribution in [0.4, 0.5) is 4.79 Å². The van der Waals surface area contributed by atoms with Gasteiger partial charge in [-0.05, 0) is 0 Å². The van der Waals surface area contributed by atoms with E-state index < -0.39 is 6.03 Å². The number of hydrogen-bond acceptors (Lipinski definition) is 3. The Bertz CT molecular complexity index is 219. The maximum Gasteiger partial charge on any atom is 0.312 e. The number of hydrogen-bond donors (Lipinski definition) is 4. The Kier molecular flexibility index (Phi) is 5.53. The van der Waals surface area contributed by atoms with Crippen molar-refractivity contribution in [1.29, 1.82) is 0 Å². The Morgan fingerprint density at radius 3 is 2.15 bits per heavy atom. The first-order valence-electron chi connectivity index (χ1n) is 3.60. The van der Waals surface area contributed by atoms with E-state index in [1.165, 1.54) is 0 Å². The van der Waals surface area contributed by atoms with E-state index in [-0.39, 0.29) is 17.3 Å². The summed E-state index contributed by atoms with van der Waals surface area (Å²) in [5.74, 6) is -0.265. The van der Waals surface area contributed by atoms with Crippen LogP contribution >= 0.6 is 12.2 Å². The van der Waals surface area contributed by atoms with E-state index >= 15 is 0 Å². The van der Waals surface area contributed by atoms with E-state index in [1.807, 2.05) is 0 Å². The van der Waals surface area contributed by atoms with Gasteiger partial charge in [-0.3, -0.25) is 4.79 Å². The van der Waals surface area contributed by atoms with Gasteiger partial charge in [-0.25, -0.2) is 4.79 Å². The van der Waals surface area contributed by atoms with Gasteiger partial charge in [-0.2, -0.15) is 0 Å². The molecule has 0 spiro atoms. The number of primary amides is 1. The number of thiocarbonyl (C=S) groups is 1. The van der Waals surface area contributed by atoms with Crippen molar-refractivity contribution in [1.82, 2.24) is 10.6 Å². The molecule has 6 N–H and O–H groups in total. The van der Waals surface area contributed by atoms with E-state index in [1.54, 1.807) is 0 Å². The second-order valence-corrected chi connectivity index (χ2v) is 2.81. The maximum atomic E-state index is 10.9. The lowest BCUT2D eigenvalue weighted by molar-refractivity contribution is -0.119. The van der Waals surface area contributed by atoms with Crippen molar-refractivity contribution in [3.05, 3.63) is 0 Å². The summed E-state index contributed by atoms with van der Waals surface area (Å²) in [6, 6.07) is -0.622. The molecule has 0 aromatic carbocycles. The van der Waals surface area contributed by atoms with Gasteiger partial charge < -0.3 is 22.1 Å². The van der Waals surface area contributed by atoms with Gasteiger partial charge in [-0.1, -0.05) is 12.2 Å². The summed E-state index contributed by atoms with van der Waals surface area (Å²) in [5, 5.41) is 4.81. The number of nitrogens with two attached hydrogens (primary N) is 2. The first-order chi connectivity index (χ1) is 6.02. The largest absolute Gasteiger partial charge is 0.393 e. The third kappa shape index (κ3) is 8.54. The Labute approximate surface area is 81.0 Å². The maximum absolute atomic E-state index is 10.9. The van der Waals surface area contributed by atoms with E-state index in [4.69, 9.17) is 11.5 Å². The van der Waals surface area contributed by atoms with Gasteiger partial charge in [-0.15, -0.1) is 0 Å². The normalized spacial score (nSPS) is 8.92. The highest BCUT2D eigenvalue weighted by atomic mass is 32.1. The minimum Gasteiger partial charge on any atom is -0.393 e. The highest BCUT2D eigenvalue weighted by molar-refractivity contribution is 7.80. The van der Waals surface area contributed by atoms with Crippen LogP contribution in [-0.4, -0.2) is 30.0 Å². The molecule has 0 radical (unpaired) electrons. The molecule has 6 nitrogen and oxygen atoms in total. The van der Waals surface area contributed by atoms with Crippen LogP contribution in [0.5, 0.6) is 0 Å². The lowest BCUT2D eigenvalue weighted by Gasteiger charge is -2.04. The van der Waals surface area contributed by atoms with Crippen LogP contribution in [0.3, 0.4) is 0 Å². The fourth-order valence-electron chi connectivity index (χ4n) is 0.608. The van der Waals surface area contributed by atoms with Crippen molar-refractivity contribution in [3.63, 3.8) is 0 Å². The Morgan fingerprint density at radius 2 is 1.69 bits per heavy atom. The molecule has 3 amide bonds. The highest BCUT2D eigenvalue weighted by Crippen LogP contribution is 1.78. The van der Waals surface area contributed by atoms with Gasteiger partial charge in [0, 0.05) is 13.1 Å². The summed E-state index contributed by atoms with van der Waals surface area (Å²) in [6.07, 6.45) is 0.0197. The number of urea groups is 1. The first-order valence-corrected chi connectivity index (χ1v) is 4.01. The zero-order valence-electron chi connectivity index (χ0n) is 7.00. The Morgan fingerprint density at radius 1 is 1.15 bits per heavy atom. The van der Waals surface area contributed by atoms with Crippen LogP contribution in [-0.2, 0) is 4.79 Å². The van der Waals surface area contributed by atoms with Crippen LogP contribution in [0.25, 0.3) is 0 Å². The molecule has 0 aliphatic rings. The molecule has 74 valence electrons. The smallest absolute Gasteiger partial charge is 0.312 e. The molecule has 0 aliphatic carbocycles. The van der Waals surface area contributed by atoms with Crippen molar-refractivity contribution in [2.45, 2.75) is 6.42 Å². The zero-order valence-corrected chi connectivity index (χ0v) is 7.82. The van der Waals surface area contributed by atoms with Gasteiger partial charge in [0.1, 0.15) is 0 Å². The van der Waals surface area contributed by atoms with E-state index in [9.17, 15) is 9.59 Å². The van der Waals surface area contributed by atoms with Gasteiger partial charge in [0.25, 0.3) is 0 Å². The molecule has 0 aliphatic heterocycles. The Balaban J connectivity index is 3.37. The highest BCUT2D eigenvalue weighted by Gasteiger charge is 2.01. The molecule has 0 fully saturated rings. The Hall–Kier alpha value is -1.37. The summed E-state index contributed by atoms with van der Waals surface area (Å²) in [6.45, 7) is 0.600. The molecule has 0 aromatic rings. The molecule has 0 unspecified atom stereocenters. The van der Waals surface area contributed by atoms with Gasteiger partial charge in [0.2, 0.25) is 5.91 Å². The van der Waals surface area contributed by atoms with Crippen LogP contribution in [0, 0.1) is 0 Å². The zero-order chi connectivity index (χ0) is 10.3. The van der Waals surface area contributed by atoms with Crippen LogP contribution in [0.15, 0.2) is 0 Å². The number of carbonyl (C=O) groups is 2. The molecule has 0 saturated carbocycles. The molecule has 7 heteroatoms. The van der Waals surface area contributed by atoms with Crippen molar-refractivity contribution >= 4 is 29.1 Å². The molecule has 0 atom stereocenters. The average molecular weight is 204 g/mol. The second kappa shape index (κ2) is 6.18. The number of nitrogens with one attached hydrogen (secondary N) is 2. The molecule has 0 saturated heterocycles. The SMILES string of the molecule is NC(=O)NCCNC(=O)CC(N)=S. The predicted molar refractivity (Wildman–Crippen MR) is 52.0 cm³/mol. The summed E-state index contributed by atoms with van der Waals surface area (Å²) in [4.78, 5) is 21.2. The molecule has 0 rings (SSSR count). The minimum absolute atomic E-state index is 0.0197. The lowest BCUT2D eigenvalue weighted by atomic mass is 10.4. The summed E-state index contributed by atoms with van der Waals surface area (Å²) < 4.78 is 0. The van der Waals surface area contributed by atoms with Crippen LogP contribution in [0.2, 0.25) is 0 Å². The van der Waals surface area contributed by atoms with Crippen LogP contribution < -0.4 is 22.1 Å². The molecule has 0 aromatic heterocycles. The topological polar surface area (TPSA) is 110 Å². The monoisotopic (exact) mass is 204 g/mol. The average Bonchev–Trinajstić information content (AvgIpc) is 1.96. The summed E-state index contributed by atoms with van der Waals surface area (Å²) in [5.41, 5.74) is 9.91. The second-order valence-electron chi connectivity index (χ2n) is 2.28. The quantitative estimate of drug-likeness (QED) is 0.321. The number of carbonyl (C=O) groups excluding carboxylic acids is 2. The standard InChI is InChI=1S/C6H12N4O2S/c7-4(13)3-5(11)9-1-2-10-6(8)12/h1-3H2,(H2,7,13)(H,9,11)(H3,8,10,12). The van der Waals surface area contributed by atoms with E-state index in [0.29, 0.717) is 13.1 Å². The van der Waals surface area contributed by atoms with Gasteiger partial charge in [0.15, 0.2) is 0 Å². The summed E-state index contributed by atoms with van der Waals surface area (Å²) >= 11 is 4.52. The first kappa shape index (κ1) is 11.6. The van der Waals surface area contributed by atoms with Gasteiger partial charge in [0.05, 0.1) is 11.4 Å². The molecular formula is C6H12N4O2S.